The van der Waals surface area contributed by atoms with Gasteiger partial charge in [0.15, 0.2) is 5.82 Å². The minimum atomic E-state index is -0.720. The molecule has 0 spiro atoms. The number of para-hydroxylation sites is 1. The topological polar surface area (TPSA) is 51.4 Å². The Balaban J connectivity index is 1.68. The van der Waals surface area contributed by atoms with E-state index in [1.807, 2.05) is 60.8 Å². The van der Waals surface area contributed by atoms with Crippen LogP contribution in [-0.2, 0) is 0 Å². The maximum Gasteiger partial charge on any atom is 0.151 e. The number of hydrazone groups is 1. The molecule has 3 aromatic carbocycles. The van der Waals surface area contributed by atoms with Crippen molar-refractivity contribution in [1.82, 2.24) is 9.78 Å². The smallest absolute Gasteiger partial charge is 0.151 e. The minimum Gasteiger partial charge on any atom is -0.497 e. The Morgan fingerprint density at radius 3 is 2.47 bits per heavy atom. The molecule has 0 unspecified atom stereocenters. The average molecular weight is 404 g/mol. The van der Waals surface area contributed by atoms with Crippen LogP contribution in [0.15, 0.2) is 84.1 Å². The molecule has 0 amide bonds. The maximum atomic E-state index is 13.8. The van der Waals surface area contributed by atoms with Gasteiger partial charge in [-0.2, -0.15) is 10.2 Å². The van der Waals surface area contributed by atoms with Gasteiger partial charge in [0.1, 0.15) is 17.3 Å². The van der Waals surface area contributed by atoms with Crippen LogP contribution in [0, 0.1) is 11.6 Å². The molecular formula is C23H18F2N4O. The van der Waals surface area contributed by atoms with Crippen molar-refractivity contribution in [3.63, 3.8) is 0 Å². The molecule has 5 nitrogen and oxygen atoms in total. The minimum absolute atomic E-state index is 0.0779. The van der Waals surface area contributed by atoms with Gasteiger partial charge in [-0.25, -0.2) is 13.5 Å². The van der Waals surface area contributed by atoms with Crippen molar-refractivity contribution in [3.05, 3.63) is 96.2 Å². The van der Waals surface area contributed by atoms with Gasteiger partial charge in [-0.15, -0.1) is 0 Å². The monoisotopic (exact) mass is 404 g/mol. The van der Waals surface area contributed by atoms with Crippen LogP contribution in [0.3, 0.4) is 0 Å². The van der Waals surface area contributed by atoms with Crippen LogP contribution in [-0.4, -0.2) is 23.1 Å². The summed E-state index contributed by atoms with van der Waals surface area (Å²) in [6.45, 7) is 0. The van der Waals surface area contributed by atoms with E-state index in [4.69, 9.17) is 9.84 Å². The van der Waals surface area contributed by atoms with Gasteiger partial charge in [-0.05, 0) is 48.5 Å². The Bertz CT molecular complexity index is 1170. The molecule has 0 fully saturated rings. The van der Waals surface area contributed by atoms with E-state index in [1.165, 1.54) is 6.07 Å². The van der Waals surface area contributed by atoms with E-state index in [0.29, 0.717) is 5.69 Å². The number of hydrogen-bond donors (Lipinski definition) is 1. The lowest BCUT2D eigenvalue weighted by molar-refractivity contribution is 0.415. The van der Waals surface area contributed by atoms with Crippen LogP contribution >= 0.6 is 0 Å². The molecule has 0 aliphatic carbocycles. The molecule has 150 valence electrons. The number of nitrogens with zero attached hydrogens (tertiary/aromatic N) is 3. The number of hydrogen-bond acceptors (Lipinski definition) is 4. The number of benzene rings is 3. The molecule has 1 heterocycles. The quantitative estimate of drug-likeness (QED) is 0.352. The van der Waals surface area contributed by atoms with Gasteiger partial charge in [0.2, 0.25) is 0 Å². The van der Waals surface area contributed by atoms with Gasteiger partial charge < -0.3 is 4.74 Å². The van der Waals surface area contributed by atoms with Gasteiger partial charge >= 0.3 is 0 Å². The fourth-order valence-corrected chi connectivity index (χ4v) is 2.92. The summed E-state index contributed by atoms with van der Waals surface area (Å²) >= 11 is 0. The van der Waals surface area contributed by atoms with E-state index < -0.39 is 11.6 Å². The molecule has 0 atom stereocenters. The first-order valence-corrected chi connectivity index (χ1v) is 9.17. The van der Waals surface area contributed by atoms with E-state index in [2.05, 4.69) is 10.5 Å². The summed E-state index contributed by atoms with van der Waals surface area (Å²) in [5, 5.41) is 8.81. The number of nitrogens with one attached hydrogen (secondary N) is 1. The van der Waals surface area contributed by atoms with E-state index in [0.717, 1.165) is 34.7 Å². The summed E-state index contributed by atoms with van der Waals surface area (Å²) in [5.41, 5.74) is 5.87. The highest BCUT2D eigenvalue weighted by Gasteiger charge is 2.11. The standard InChI is InChI=1S/C23H18F2N4O/c1-30-20-10-7-16(8-11-20)23-17(15-29(28-23)19-5-3-2-4-6-19)14-26-27-22-12-9-18(24)13-21(22)25/h2-15,27H,1H3/b26-14-. The summed E-state index contributed by atoms with van der Waals surface area (Å²) in [7, 11) is 1.61. The molecule has 0 saturated heterocycles. The highest BCUT2D eigenvalue weighted by atomic mass is 19.1. The zero-order chi connectivity index (χ0) is 20.9. The fraction of sp³-hybridized carbons (Fsp3) is 0.0435. The van der Waals surface area contributed by atoms with Gasteiger partial charge in [-0.3, -0.25) is 5.43 Å². The zero-order valence-corrected chi connectivity index (χ0v) is 16.1. The highest BCUT2D eigenvalue weighted by Crippen LogP contribution is 2.25. The largest absolute Gasteiger partial charge is 0.497 e. The summed E-state index contributed by atoms with van der Waals surface area (Å²) < 4.78 is 33.8. The molecule has 30 heavy (non-hydrogen) atoms. The van der Waals surface area contributed by atoms with Gasteiger partial charge in [0.25, 0.3) is 0 Å². The van der Waals surface area contributed by atoms with Crippen LogP contribution in [0.1, 0.15) is 5.56 Å². The van der Waals surface area contributed by atoms with Crippen LogP contribution < -0.4 is 10.2 Å². The first-order chi connectivity index (χ1) is 14.6. The molecule has 0 aliphatic rings. The Kier molecular flexibility index (Phi) is 5.52. The molecule has 0 saturated carbocycles. The van der Waals surface area contributed by atoms with Crippen molar-refractivity contribution in [2.75, 3.05) is 12.5 Å². The molecular weight excluding hydrogens is 386 g/mol. The second-order valence-corrected chi connectivity index (χ2v) is 6.44. The number of anilines is 1. The third-order valence-corrected chi connectivity index (χ3v) is 4.45. The van der Waals surface area contributed by atoms with Crippen LogP contribution in [0.4, 0.5) is 14.5 Å². The van der Waals surface area contributed by atoms with Crippen molar-refractivity contribution < 1.29 is 13.5 Å². The van der Waals surface area contributed by atoms with Gasteiger partial charge in [0, 0.05) is 23.4 Å². The van der Waals surface area contributed by atoms with Crippen LogP contribution in [0.5, 0.6) is 5.75 Å². The SMILES string of the molecule is COc1ccc(-c2nn(-c3ccccc3)cc2/C=N\Nc2ccc(F)cc2F)cc1. The van der Waals surface area contributed by atoms with Crippen molar-refractivity contribution in [2.24, 2.45) is 5.10 Å². The Morgan fingerprint density at radius 1 is 1.00 bits per heavy atom. The molecule has 0 radical (unpaired) electrons. The molecule has 1 N–H and O–H groups in total. The summed E-state index contributed by atoms with van der Waals surface area (Å²) in [6, 6.07) is 20.4. The number of methoxy groups -OCH3 is 1. The maximum absolute atomic E-state index is 13.8. The van der Waals surface area contributed by atoms with Crippen molar-refractivity contribution >= 4 is 11.9 Å². The number of ether oxygens (including phenoxy) is 1. The van der Waals surface area contributed by atoms with Crippen molar-refractivity contribution in [2.45, 2.75) is 0 Å². The number of aromatic nitrogens is 2. The fourth-order valence-electron chi connectivity index (χ4n) is 2.92. The lowest BCUT2D eigenvalue weighted by Gasteiger charge is -2.03. The molecule has 1 aromatic heterocycles. The normalized spacial score (nSPS) is 11.0. The second kappa shape index (κ2) is 8.57. The summed E-state index contributed by atoms with van der Waals surface area (Å²) in [5.74, 6) is -0.625. The van der Waals surface area contributed by atoms with E-state index >= 15 is 0 Å². The Labute approximate surface area is 172 Å². The molecule has 4 aromatic rings. The van der Waals surface area contributed by atoms with E-state index in [9.17, 15) is 8.78 Å². The van der Waals surface area contributed by atoms with Gasteiger partial charge in [0.05, 0.1) is 24.7 Å². The molecule has 4 rings (SSSR count). The zero-order valence-electron chi connectivity index (χ0n) is 16.1. The Morgan fingerprint density at radius 2 is 1.77 bits per heavy atom. The predicted molar refractivity (Wildman–Crippen MR) is 113 cm³/mol. The molecule has 0 aliphatic heterocycles. The second-order valence-electron chi connectivity index (χ2n) is 6.44. The first kappa shape index (κ1) is 19.3. The molecule has 7 heteroatoms. The lowest BCUT2D eigenvalue weighted by atomic mass is 10.1. The summed E-state index contributed by atoms with van der Waals surface area (Å²) in [4.78, 5) is 0. The van der Waals surface area contributed by atoms with Crippen molar-refractivity contribution in [3.8, 4) is 22.7 Å². The van der Waals surface area contributed by atoms with Gasteiger partial charge in [-0.1, -0.05) is 18.2 Å². The van der Waals surface area contributed by atoms with Crippen LogP contribution in [0.25, 0.3) is 16.9 Å². The predicted octanol–water partition coefficient (Wildman–Crippen LogP) is 5.27. The van der Waals surface area contributed by atoms with Crippen molar-refractivity contribution in [1.29, 1.82) is 0 Å². The van der Waals surface area contributed by atoms with Crippen LogP contribution in [0.2, 0.25) is 0 Å². The first-order valence-electron chi connectivity index (χ1n) is 9.17. The number of halogens is 2. The lowest BCUT2D eigenvalue weighted by Crippen LogP contribution is -1.95. The summed E-state index contributed by atoms with van der Waals surface area (Å²) in [6.07, 6.45) is 3.38. The van der Waals surface area contributed by atoms with E-state index in [-0.39, 0.29) is 5.69 Å². The Hall–Kier alpha value is -4.00. The third-order valence-electron chi connectivity index (χ3n) is 4.45. The average Bonchev–Trinajstić information content (AvgIpc) is 3.20. The highest BCUT2D eigenvalue weighted by molar-refractivity contribution is 5.89. The van der Waals surface area contributed by atoms with E-state index in [1.54, 1.807) is 18.0 Å². The molecule has 0 bridgehead atoms. The number of rotatable bonds is 6. The third kappa shape index (κ3) is 4.20.